The molecule has 0 aliphatic carbocycles. The van der Waals surface area contributed by atoms with Crippen LogP contribution in [0.5, 0.6) is 0 Å². The molecular weight excluding hydrogens is 256 g/mol. The van der Waals surface area contributed by atoms with E-state index >= 15 is 0 Å². The monoisotopic (exact) mass is 275 g/mol. The highest BCUT2D eigenvalue weighted by molar-refractivity contribution is 6.16. The summed E-state index contributed by atoms with van der Waals surface area (Å²) in [6.45, 7) is 4.68. The second-order valence-corrected chi connectivity index (χ2v) is 4.61. The molecule has 1 atom stereocenters. The van der Waals surface area contributed by atoms with Crippen LogP contribution in [0.15, 0.2) is 41.7 Å². The highest BCUT2D eigenvalue weighted by Gasteiger charge is 2.19. The molecule has 1 unspecified atom stereocenters. The third-order valence-corrected chi connectivity index (χ3v) is 2.91. The van der Waals surface area contributed by atoms with Gasteiger partial charge in [-0.2, -0.15) is 0 Å². The second-order valence-electron chi connectivity index (χ2n) is 4.61. The van der Waals surface area contributed by atoms with Crippen LogP contribution in [-0.2, 0) is 20.7 Å². The molecule has 20 heavy (non-hydrogen) atoms. The largest absolute Gasteiger partial charge is 0.875 e. The van der Waals surface area contributed by atoms with Crippen LogP contribution in [0.1, 0.15) is 26.3 Å². The normalized spacial score (nSPS) is 13.3. The molecule has 1 rings (SSSR count). The highest BCUT2D eigenvalue weighted by atomic mass is 16.5. The van der Waals surface area contributed by atoms with Crippen molar-refractivity contribution >= 4 is 11.8 Å². The van der Waals surface area contributed by atoms with Gasteiger partial charge in [-0.25, -0.2) is 4.79 Å². The molecule has 0 N–H and O–H groups in total. The fourth-order valence-electron chi connectivity index (χ4n) is 1.93. The van der Waals surface area contributed by atoms with Crippen molar-refractivity contribution in [1.29, 1.82) is 0 Å². The number of benzene rings is 1. The van der Waals surface area contributed by atoms with Crippen molar-refractivity contribution < 1.29 is 19.4 Å². The van der Waals surface area contributed by atoms with Gasteiger partial charge in [0, 0.05) is 0 Å². The average molecular weight is 275 g/mol. The zero-order valence-electron chi connectivity index (χ0n) is 12.0. The Labute approximate surface area is 119 Å². The van der Waals surface area contributed by atoms with Crippen LogP contribution in [0.2, 0.25) is 0 Å². The Balaban J connectivity index is 2.97. The zero-order valence-corrected chi connectivity index (χ0v) is 12.0. The maximum atomic E-state index is 12.2. The molecule has 4 heteroatoms. The molecule has 0 aliphatic heterocycles. The van der Waals surface area contributed by atoms with Crippen LogP contribution in [0.4, 0.5) is 0 Å². The van der Waals surface area contributed by atoms with E-state index in [2.05, 4.69) is 0 Å². The number of Topliss-reactive ketones (excluding diaryl/α,β-unsaturated/α-hetero) is 1. The van der Waals surface area contributed by atoms with E-state index in [1.165, 1.54) is 6.92 Å². The minimum Gasteiger partial charge on any atom is -0.875 e. The molecule has 0 spiro atoms. The molecule has 0 saturated heterocycles. The molecule has 0 fully saturated rings. The summed E-state index contributed by atoms with van der Waals surface area (Å²) in [5, 5.41) is 12.2. The number of ketones is 1. The Hall–Kier alpha value is -2.10. The summed E-state index contributed by atoms with van der Waals surface area (Å²) in [5.41, 5.74) is 0.621. The summed E-state index contributed by atoms with van der Waals surface area (Å²) in [6.07, 6.45) is 0.482. The van der Waals surface area contributed by atoms with E-state index in [1.807, 2.05) is 30.3 Å². The predicted molar refractivity (Wildman–Crippen MR) is 73.7 cm³/mol. The fourth-order valence-corrected chi connectivity index (χ4v) is 1.93. The molecular formula is C16H19O4-. The second kappa shape index (κ2) is 7.48. The van der Waals surface area contributed by atoms with Gasteiger partial charge in [0.05, 0.1) is 12.2 Å². The van der Waals surface area contributed by atoms with Gasteiger partial charge in [0.2, 0.25) is 0 Å². The lowest BCUT2D eigenvalue weighted by Crippen LogP contribution is -2.26. The molecule has 0 bridgehead atoms. The quantitative estimate of drug-likeness (QED) is 0.260. The summed E-state index contributed by atoms with van der Waals surface area (Å²) < 4.78 is 4.77. The lowest BCUT2D eigenvalue weighted by atomic mass is 9.95. The van der Waals surface area contributed by atoms with Crippen molar-refractivity contribution in [2.75, 3.05) is 6.61 Å². The van der Waals surface area contributed by atoms with Crippen molar-refractivity contribution in [3.8, 4) is 0 Å². The minimum absolute atomic E-state index is 0.135. The van der Waals surface area contributed by atoms with E-state index in [1.54, 1.807) is 13.8 Å². The molecule has 0 aromatic heterocycles. The standard InChI is InChI=1S/C16H20O4/c1-4-20-16(19)14(12(3)17)15(18)11(2)10-13-8-6-5-7-9-13/h5-9,11,18H,4,10H2,1-3H3/p-1/b15-14+. The Kier molecular flexibility index (Phi) is 5.97. The Bertz CT molecular complexity index is 502. The van der Waals surface area contributed by atoms with Crippen molar-refractivity contribution in [2.45, 2.75) is 27.2 Å². The number of ether oxygens (including phenoxy) is 1. The van der Waals surface area contributed by atoms with E-state index in [-0.39, 0.29) is 12.2 Å². The molecule has 0 heterocycles. The van der Waals surface area contributed by atoms with Crippen LogP contribution in [0.3, 0.4) is 0 Å². The zero-order chi connectivity index (χ0) is 15.1. The number of carbonyl (C=O) groups excluding carboxylic acids is 2. The molecule has 1 aromatic rings. The number of carbonyl (C=O) groups is 2. The highest BCUT2D eigenvalue weighted by Crippen LogP contribution is 2.17. The van der Waals surface area contributed by atoms with Crippen molar-refractivity contribution in [2.24, 2.45) is 5.92 Å². The van der Waals surface area contributed by atoms with Crippen molar-refractivity contribution in [3.05, 3.63) is 47.2 Å². The molecule has 0 aliphatic rings. The van der Waals surface area contributed by atoms with E-state index < -0.39 is 23.4 Å². The van der Waals surface area contributed by atoms with Gasteiger partial charge in [-0.3, -0.25) is 4.79 Å². The van der Waals surface area contributed by atoms with Crippen molar-refractivity contribution in [1.82, 2.24) is 0 Å². The lowest BCUT2D eigenvalue weighted by molar-refractivity contribution is -0.315. The molecule has 108 valence electrons. The topological polar surface area (TPSA) is 66.4 Å². The van der Waals surface area contributed by atoms with Gasteiger partial charge in [-0.05, 0) is 31.7 Å². The number of rotatable bonds is 6. The van der Waals surface area contributed by atoms with E-state index in [9.17, 15) is 14.7 Å². The van der Waals surface area contributed by atoms with Crippen molar-refractivity contribution in [3.63, 3.8) is 0 Å². The average Bonchev–Trinajstić information content (AvgIpc) is 2.39. The number of allylic oxidation sites excluding steroid dienone is 1. The number of hydrogen-bond acceptors (Lipinski definition) is 4. The maximum Gasteiger partial charge on any atom is 0.340 e. The third kappa shape index (κ3) is 4.23. The third-order valence-electron chi connectivity index (χ3n) is 2.91. The summed E-state index contributed by atoms with van der Waals surface area (Å²) in [5.74, 6) is -2.28. The van der Waals surface area contributed by atoms with Crippen LogP contribution >= 0.6 is 0 Å². The van der Waals surface area contributed by atoms with Crippen LogP contribution in [0, 0.1) is 5.92 Å². The smallest absolute Gasteiger partial charge is 0.340 e. The van der Waals surface area contributed by atoms with Gasteiger partial charge in [-0.15, -0.1) is 5.76 Å². The van der Waals surface area contributed by atoms with Crippen LogP contribution < -0.4 is 5.11 Å². The first-order valence-corrected chi connectivity index (χ1v) is 6.60. The molecule has 4 nitrogen and oxygen atoms in total. The first-order chi connectivity index (χ1) is 9.47. The molecule has 0 radical (unpaired) electrons. The lowest BCUT2D eigenvalue weighted by Gasteiger charge is -2.23. The maximum absolute atomic E-state index is 12.2. The summed E-state index contributed by atoms with van der Waals surface area (Å²) in [6, 6.07) is 9.46. The Morgan fingerprint density at radius 1 is 1.25 bits per heavy atom. The van der Waals surface area contributed by atoms with Gasteiger partial charge >= 0.3 is 5.97 Å². The summed E-state index contributed by atoms with van der Waals surface area (Å²) in [4.78, 5) is 23.2. The fraction of sp³-hybridized carbons (Fsp3) is 0.375. The Morgan fingerprint density at radius 3 is 2.35 bits per heavy atom. The number of esters is 1. The number of hydrogen-bond donors (Lipinski definition) is 0. The van der Waals surface area contributed by atoms with Gasteiger partial charge in [-0.1, -0.05) is 37.3 Å². The first kappa shape index (κ1) is 16.0. The van der Waals surface area contributed by atoms with Gasteiger partial charge in [0.15, 0.2) is 5.78 Å². The molecule has 0 amide bonds. The summed E-state index contributed by atoms with van der Waals surface area (Å²) >= 11 is 0. The SMILES string of the molecule is CCOC(=O)/C(C(C)=O)=C(/[O-])C(C)Cc1ccccc1. The van der Waals surface area contributed by atoms with E-state index in [0.29, 0.717) is 6.42 Å². The van der Waals surface area contributed by atoms with Gasteiger partial charge in [0.25, 0.3) is 0 Å². The molecule has 0 saturated carbocycles. The van der Waals surface area contributed by atoms with E-state index in [4.69, 9.17) is 4.74 Å². The molecule has 1 aromatic carbocycles. The minimum atomic E-state index is -0.829. The predicted octanol–water partition coefficient (Wildman–Crippen LogP) is 1.63. The summed E-state index contributed by atoms with van der Waals surface area (Å²) in [7, 11) is 0. The Morgan fingerprint density at radius 2 is 1.85 bits per heavy atom. The van der Waals surface area contributed by atoms with Crippen LogP contribution in [0.25, 0.3) is 0 Å². The first-order valence-electron chi connectivity index (χ1n) is 6.60. The van der Waals surface area contributed by atoms with Crippen LogP contribution in [-0.4, -0.2) is 18.4 Å². The van der Waals surface area contributed by atoms with E-state index in [0.717, 1.165) is 5.56 Å². The van der Waals surface area contributed by atoms with Gasteiger partial charge in [0.1, 0.15) is 0 Å². The van der Waals surface area contributed by atoms with Gasteiger partial charge < -0.3 is 9.84 Å².